The Balaban J connectivity index is 2.16. The number of imidazole rings is 1. The minimum absolute atomic E-state index is 0.0204. The van der Waals surface area contributed by atoms with Gasteiger partial charge in [0.05, 0.1) is 23.1 Å². The van der Waals surface area contributed by atoms with Gasteiger partial charge in [-0.3, -0.25) is 4.79 Å². The highest BCUT2D eigenvalue weighted by Crippen LogP contribution is 2.16. The van der Waals surface area contributed by atoms with Gasteiger partial charge in [-0.1, -0.05) is 0 Å². The number of hydrogen-bond donors (Lipinski definition) is 3. The summed E-state index contributed by atoms with van der Waals surface area (Å²) in [5.74, 6) is -3.10. The van der Waals surface area contributed by atoms with Gasteiger partial charge in [0.15, 0.2) is 0 Å². The number of rotatable bonds is 3. The number of aromatic carboxylic acids is 1. The Labute approximate surface area is 109 Å². The molecule has 1 aromatic heterocycles. The van der Waals surface area contributed by atoms with Gasteiger partial charge in [-0.2, -0.15) is 13.2 Å². The molecular formula is C11H8F3N3O3. The number of carbonyl (C=O) groups is 2. The van der Waals surface area contributed by atoms with Gasteiger partial charge < -0.3 is 15.4 Å². The van der Waals surface area contributed by atoms with Crippen molar-refractivity contribution in [3.8, 4) is 0 Å². The molecule has 0 atom stereocenters. The van der Waals surface area contributed by atoms with E-state index in [9.17, 15) is 22.8 Å². The van der Waals surface area contributed by atoms with Crippen LogP contribution in [-0.4, -0.2) is 33.1 Å². The number of hydrogen-bond acceptors (Lipinski definition) is 3. The topological polar surface area (TPSA) is 95.1 Å². The van der Waals surface area contributed by atoms with Crippen LogP contribution in [-0.2, 0) is 11.3 Å². The summed E-state index contributed by atoms with van der Waals surface area (Å²) < 4.78 is 36.0. The van der Waals surface area contributed by atoms with E-state index in [1.807, 2.05) is 0 Å². The van der Waals surface area contributed by atoms with E-state index in [0.29, 0.717) is 11.0 Å². The lowest BCUT2D eigenvalue weighted by Crippen LogP contribution is -2.36. The van der Waals surface area contributed by atoms with E-state index < -0.39 is 24.6 Å². The van der Waals surface area contributed by atoms with Crippen LogP contribution in [0.1, 0.15) is 16.2 Å². The fourth-order valence-corrected chi connectivity index (χ4v) is 1.54. The second-order valence-corrected chi connectivity index (χ2v) is 3.90. The van der Waals surface area contributed by atoms with Gasteiger partial charge in [-0.05, 0) is 18.2 Å². The molecule has 2 aromatic rings. The third-order valence-electron chi connectivity index (χ3n) is 2.45. The molecule has 3 N–H and O–H groups in total. The zero-order valence-electron chi connectivity index (χ0n) is 9.78. The zero-order valence-corrected chi connectivity index (χ0v) is 9.78. The van der Waals surface area contributed by atoms with Crippen molar-refractivity contribution in [3.63, 3.8) is 0 Å². The van der Waals surface area contributed by atoms with Crippen LogP contribution in [0.5, 0.6) is 0 Å². The lowest BCUT2D eigenvalue weighted by atomic mass is 10.2. The predicted octanol–water partition coefficient (Wildman–Crippen LogP) is 1.44. The first-order valence-electron chi connectivity index (χ1n) is 5.34. The summed E-state index contributed by atoms with van der Waals surface area (Å²) in [4.78, 5) is 28.0. The number of aromatic nitrogens is 2. The largest absolute Gasteiger partial charge is 0.478 e. The molecule has 0 aliphatic rings. The summed E-state index contributed by atoms with van der Waals surface area (Å²) in [7, 11) is 0. The number of H-pyrrole nitrogens is 1. The number of halogens is 3. The smallest absolute Gasteiger partial charge is 0.471 e. The maximum absolute atomic E-state index is 12.0. The van der Waals surface area contributed by atoms with Crippen LogP contribution in [0.15, 0.2) is 18.2 Å². The van der Waals surface area contributed by atoms with Crippen molar-refractivity contribution in [2.24, 2.45) is 0 Å². The van der Waals surface area contributed by atoms with Crippen LogP contribution in [0.4, 0.5) is 13.2 Å². The van der Waals surface area contributed by atoms with Crippen LogP contribution in [0, 0.1) is 0 Å². The Kier molecular flexibility index (Phi) is 3.35. The van der Waals surface area contributed by atoms with E-state index in [1.165, 1.54) is 18.2 Å². The Morgan fingerprint density at radius 1 is 1.35 bits per heavy atom. The molecule has 0 saturated carbocycles. The van der Waals surface area contributed by atoms with E-state index in [2.05, 4.69) is 9.97 Å². The molecule has 1 amide bonds. The monoisotopic (exact) mass is 287 g/mol. The van der Waals surface area contributed by atoms with Crippen molar-refractivity contribution in [2.75, 3.05) is 0 Å². The fourth-order valence-electron chi connectivity index (χ4n) is 1.54. The number of fused-ring (bicyclic) bond motifs is 1. The van der Waals surface area contributed by atoms with Crippen LogP contribution >= 0.6 is 0 Å². The molecule has 106 valence electrons. The normalized spacial score (nSPS) is 11.6. The van der Waals surface area contributed by atoms with Crippen LogP contribution in [0.25, 0.3) is 11.0 Å². The number of benzene rings is 1. The van der Waals surface area contributed by atoms with E-state index >= 15 is 0 Å². The van der Waals surface area contributed by atoms with Crippen LogP contribution in [0.2, 0.25) is 0 Å². The molecule has 1 heterocycles. The number of nitrogens with one attached hydrogen (secondary N) is 2. The molecular weight excluding hydrogens is 279 g/mol. The van der Waals surface area contributed by atoms with Crippen molar-refractivity contribution in [1.82, 2.24) is 15.3 Å². The lowest BCUT2D eigenvalue weighted by molar-refractivity contribution is -0.173. The SMILES string of the molecule is O=C(O)c1ccc2nc(CNC(=O)C(F)(F)F)[nH]c2c1. The Hall–Kier alpha value is -2.58. The standard InChI is InChI=1S/C11H8F3N3O3/c12-11(13,14)10(20)15-4-8-16-6-2-1-5(9(18)19)3-7(6)17-8/h1-3H,4H2,(H,15,20)(H,16,17)(H,18,19). The first-order chi connectivity index (χ1) is 9.27. The summed E-state index contributed by atoms with van der Waals surface area (Å²) in [6, 6.07) is 4.05. The first-order valence-corrected chi connectivity index (χ1v) is 5.34. The second kappa shape index (κ2) is 4.83. The minimum Gasteiger partial charge on any atom is -0.478 e. The number of nitrogens with zero attached hydrogens (tertiary/aromatic N) is 1. The molecule has 0 unspecified atom stereocenters. The van der Waals surface area contributed by atoms with E-state index in [4.69, 9.17) is 5.11 Å². The fraction of sp³-hybridized carbons (Fsp3) is 0.182. The summed E-state index contributed by atoms with van der Waals surface area (Å²) in [6.07, 6.45) is -4.96. The van der Waals surface area contributed by atoms with Crippen LogP contribution in [0.3, 0.4) is 0 Å². The molecule has 0 aliphatic heterocycles. The number of aromatic amines is 1. The van der Waals surface area contributed by atoms with E-state index in [0.717, 1.165) is 0 Å². The number of carbonyl (C=O) groups excluding carboxylic acids is 1. The number of alkyl halides is 3. The molecule has 1 aromatic carbocycles. The zero-order chi connectivity index (χ0) is 14.9. The van der Waals surface area contributed by atoms with Crippen molar-refractivity contribution in [3.05, 3.63) is 29.6 Å². The molecule has 0 spiro atoms. The Bertz CT molecular complexity index is 678. The average Bonchev–Trinajstić information content (AvgIpc) is 2.76. The average molecular weight is 287 g/mol. The summed E-state index contributed by atoms with van der Waals surface area (Å²) in [5, 5.41) is 10.5. The van der Waals surface area contributed by atoms with E-state index in [1.54, 1.807) is 5.32 Å². The van der Waals surface area contributed by atoms with Gasteiger partial charge in [0, 0.05) is 0 Å². The summed E-state index contributed by atoms with van der Waals surface area (Å²) >= 11 is 0. The quantitative estimate of drug-likeness (QED) is 0.796. The molecule has 2 rings (SSSR count). The summed E-state index contributed by atoms with van der Waals surface area (Å²) in [5.41, 5.74) is 0.777. The highest BCUT2D eigenvalue weighted by atomic mass is 19.4. The lowest BCUT2D eigenvalue weighted by Gasteiger charge is -2.05. The van der Waals surface area contributed by atoms with Crippen LogP contribution < -0.4 is 5.32 Å². The molecule has 0 radical (unpaired) electrons. The predicted molar refractivity (Wildman–Crippen MR) is 61.0 cm³/mol. The maximum Gasteiger partial charge on any atom is 0.471 e. The van der Waals surface area contributed by atoms with Gasteiger partial charge in [0.2, 0.25) is 0 Å². The van der Waals surface area contributed by atoms with Gasteiger partial charge in [0.1, 0.15) is 5.82 Å². The molecule has 20 heavy (non-hydrogen) atoms. The van der Waals surface area contributed by atoms with Crippen molar-refractivity contribution in [2.45, 2.75) is 12.7 Å². The second-order valence-electron chi connectivity index (χ2n) is 3.90. The van der Waals surface area contributed by atoms with Crippen molar-refractivity contribution in [1.29, 1.82) is 0 Å². The molecule has 9 heteroatoms. The highest BCUT2D eigenvalue weighted by Gasteiger charge is 2.38. The molecule has 6 nitrogen and oxygen atoms in total. The number of amides is 1. The Morgan fingerprint density at radius 2 is 2.05 bits per heavy atom. The van der Waals surface area contributed by atoms with Gasteiger partial charge in [0.25, 0.3) is 0 Å². The van der Waals surface area contributed by atoms with Gasteiger partial charge in [-0.25, -0.2) is 9.78 Å². The molecule has 0 bridgehead atoms. The third-order valence-corrected chi connectivity index (χ3v) is 2.45. The molecule has 0 saturated heterocycles. The van der Waals surface area contributed by atoms with Crippen molar-refractivity contribution < 1.29 is 27.9 Å². The summed E-state index contributed by atoms with van der Waals surface area (Å²) in [6.45, 7) is -0.435. The Morgan fingerprint density at radius 3 is 2.65 bits per heavy atom. The van der Waals surface area contributed by atoms with E-state index in [-0.39, 0.29) is 11.4 Å². The molecule has 0 aliphatic carbocycles. The van der Waals surface area contributed by atoms with Crippen molar-refractivity contribution >= 4 is 22.9 Å². The number of carboxylic acid groups (broad SMARTS) is 1. The number of carboxylic acids is 1. The van der Waals surface area contributed by atoms with Gasteiger partial charge >= 0.3 is 18.1 Å². The first kappa shape index (κ1) is 13.8. The third kappa shape index (κ3) is 2.87. The minimum atomic E-state index is -4.96. The highest BCUT2D eigenvalue weighted by molar-refractivity contribution is 5.92. The van der Waals surface area contributed by atoms with Gasteiger partial charge in [-0.15, -0.1) is 0 Å². The maximum atomic E-state index is 12.0. The molecule has 0 fully saturated rings.